The van der Waals surface area contributed by atoms with Gasteiger partial charge in [0.05, 0.1) is 24.1 Å². The zero-order chi connectivity index (χ0) is 16.0. The van der Waals surface area contributed by atoms with Gasteiger partial charge in [0.15, 0.2) is 0 Å². The van der Waals surface area contributed by atoms with E-state index in [0.29, 0.717) is 13.1 Å². The molecule has 1 fully saturated rings. The van der Waals surface area contributed by atoms with Crippen LogP contribution in [-0.4, -0.2) is 30.4 Å². The molecule has 4 heteroatoms. The zero-order valence-corrected chi connectivity index (χ0v) is 13.5. The third kappa shape index (κ3) is 3.86. The Morgan fingerprint density at radius 1 is 1.41 bits per heavy atom. The highest BCUT2D eigenvalue weighted by Gasteiger charge is 2.39. The van der Waals surface area contributed by atoms with Crippen molar-refractivity contribution < 1.29 is 4.79 Å². The highest BCUT2D eigenvalue weighted by atomic mass is 16.2. The molecule has 1 unspecified atom stereocenters. The lowest BCUT2D eigenvalue weighted by atomic mass is 9.72. The maximum Gasteiger partial charge on any atom is 0.234 e. The molecule has 1 aromatic carbocycles. The summed E-state index contributed by atoms with van der Waals surface area (Å²) in [7, 11) is 0. The van der Waals surface area contributed by atoms with Gasteiger partial charge in [0.1, 0.15) is 0 Å². The third-order valence-electron chi connectivity index (χ3n) is 4.48. The highest BCUT2D eigenvalue weighted by Crippen LogP contribution is 2.41. The molecule has 1 aliphatic carbocycles. The average molecular weight is 299 g/mol. The van der Waals surface area contributed by atoms with Crippen molar-refractivity contribution in [1.29, 1.82) is 5.26 Å². The zero-order valence-electron chi connectivity index (χ0n) is 13.5. The molecule has 0 aliphatic heterocycles. The van der Waals surface area contributed by atoms with Crippen molar-refractivity contribution in [1.82, 2.24) is 10.2 Å². The molecular weight excluding hydrogens is 274 g/mol. The molecule has 118 valence electrons. The number of nitrogens with one attached hydrogen (secondary N) is 1. The SMILES string of the molecule is CCN(CC(=O)NC1(c2ccccc2)CCC1)CC(C)C#N. The number of nitriles is 1. The first-order valence-corrected chi connectivity index (χ1v) is 8.08. The Balaban J connectivity index is 1.97. The summed E-state index contributed by atoms with van der Waals surface area (Å²) in [5.74, 6) is -0.00456. The van der Waals surface area contributed by atoms with E-state index in [1.807, 2.05) is 36.9 Å². The van der Waals surface area contributed by atoms with Crippen LogP contribution in [0.3, 0.4) is 0 Å². The summed E-state index contributed by atoms with van der Waals surface area (Å²) in [6.07, 6.45) is 3.16. The Kier molecular flexibility index (Phi) is 5.57. The van der Waals surface area contributed by atoms with Gasteiger partial charge in [-0.2, -0.15) is 5.26 Å². The summed E-state index contributed by atoms with van der Waals surface area (Å²) < 4.78 is 0. The van der Waals surface area contributed by atoms with E-state index in [1.165, 1.54) is 5.56 Å². The molecular formula is C18H25N3O. The fourth-order valence-electron chi connectivity index (χ4n) is 3.02. The first-order chi connectivity index (χ1) is 10.6. The summed E-state index contributed by atoms with van der Waals surface area (Å²) in [5, 5.41) is 12.2. The molecule has 0 heterocycles. The molecule has 1 N–H and O–H groups in total. The summed E-state index contributed by atoms with van der Waals surface area (Å²) in [6, 6.07) is 12.5. The number of hydrogen-bond donors (Lipinski definition) is 1. The van der Waals surface area contributed by atoms with Crippen LogP contribution in [0.1, 0.15) is 38.7 Å². The maximum atomic E-state index is 12.4. The number of amides is 1. The minimum atomic E-state index is -0.182. The Hall–Kier alpha value is -1.86. The van der Waals surface area contributed by atoms with Gasteiger partial charge >= 0.3 is 0 Å². The van der Waals surface area contributed by atoms with Gasteiger partial charge in [-0.05, 0) is 38.3 Å². The number of carbonyl (C=O) groups is 1. The minimum Gasteiger partial charge on any atom is -0.345 e. The second-order valence-corrected chi connectivity index (χ2v) is 6.21. The fourth-order valence-corrected chi connectivity index (χ4v) is 3.02. The van der Waals surface area contributed by atoms with Crippen LogP contribution in [0, 0.1) is 17.2 Å². The molecule has 1 atom stereocenters. The molecule has 22 heavy (non-hydrogen) atoms. The van der Waals surface area contributed by atoms with Gasteiger partial charge in [-0.3, -0.25) is 9.69 Å². The van der Waals surface area contributed by atoms with Crippen LogP contribution in [-0.2, 0) is 10.3 Å². The van der Waals surface area contributed by atoms with Crippen LogP contribution in [0.5, 0.6) is 0 Å². The van der Waals surface area contributed by atoms with Crippen molar-refractivity contribution >= 4 is 5.91 Å². The normalized spacial score (nSPS) is 17.4. The number of hydrogen-bond acceptors (Lipinski definition) is 3. The van der Waals surface area contributed by atoms with Gasteiger partial charge in [-0.15, -0.1) is 0 Å². The topological polar surface area (TPSA) is 56.1 Å². The standard InChI is InChI=1S/C18H25N3O/c1-3-21(13-15(2)12-19)14-17(22)20-18(10-7-11-18)16-8-5-4-6-9-16/h4-6,8-9,15H,3,7,10-11,13-14H2,1-2H3,(H,20,22). The molecule has 2 rings (SSSR count). The van der Waals surface area contributed by atoms with Crippen molar-refractivity contribution in [2.75, 3.05) is 19.6 Å². The smallest absolute Gasteiger partial charge is 0.234 e. The summed E-state index contributed by atoms with van der Waals surface area (Å²) in [4.78, 5) is 14.5. The van der Waals surface area contributed by atoms with Crippen LogP contribution in [0.4, 0.5) is 0 Å². The molecule has 0 saturated heterocycles. The van der Waals surface area contributed by atoms with Crippen LogP contribution >= 0.6 is 0 Å². The summed E-state index contributed by atoms with van der Waals surface area (Å²) >= 11 is 0. The van der Waals surface area contributed by atoms with Gasteiger partial charge in [-0.1, -0.05) is 37.3 Å². The van der Waals surface area contributed by atoms with Crippen LogP contribution in [0.25, 0.3) is 0 Å². The fraction of sp³-hybridized carbons (Fsp3) is 0.556. The number of benzene rings is 1. The van der Waals surface area contributed by atoms with Gasteiger partial charge < -0.3 is 5.32 Å². The second kappa shape index (κ2) is 7.42. The Morgan fingerprint density at radius 2 is 2.09 bits per heavy atom. The molecule has 0 bridgehead atoms. The van der Waals surface area contributed by atoms with Gasteiger partial charge in [0, 0.05) is 6.54 Å². The van der Waals surface area contributed by atoms with Gasteiger partial charge in [0.2, 0.25) is 5.91 Å². The predicted octanol–water partition coefficient (Wildman–Crippen LogP) is 2.66. The van der Waals surface area contributed by atoms with Crippen LogP contribution in [0.2, 0.25) is 0 Å². The number of nitrogens with zero attached hydrogens (tertiary/aromatic N) is 2. The lowest BCUT2D eigenvalue weighted by Crippen LogP contribution is -2.53. The predicted molar refractivity (Wildman–Crippen MR) is 87.0 cm³/mol. The van der Waals surface area contributed by atoms with Crippen molar-refractivity contribution in [3.63, 3.8) is 0 Å². The Bertz CT molecular complexity index is 531. The van der Waals surface area contributed by atoms with E-state index in [2.05, 4.69) is 23.5 Å². The Labute approximate surface area is 133 Å². The van der Waals surface area contributed by atoms with E-state index in [9.17, 15) is 4.79 Å². The molecule has 1 aliphatic rings. The number of rotatable bonds is 7. The maximum absolute atomic E-state index is 12.4. The van der Waals surface area contributed by atoms with Gasteiger partial charge in [-0.25, -0.2) is 0 Å². The molecule has 0 radical (unpaired) electrons. The summed E-state index contributed by atoms with van der Waals surface area (Å²) in [5.41, 5.74) is 1.02. The van der Waals surface area contributed by atoms with Crippen LogP contribution in [0.15, 0.2) is 30.3 Å². The first-order valence-electron chi connectivity index (χ1n) is 8.08. The molecule has 1 amide bonds. The number of carbonyl (C=O) groups excluding carboxylic acids is 1. The molecule has 4 nitrogen and oxygen atoms in total. The van der Waals surface area contributed by atoms with Crippen LogP contribution < -0.4 is 5.32 Å². The third-order valence-corrected chi connectivity index (χ3v) is 4.48. The first kappa shape index (κ1) is 16.5. The van der Waals surface area contributed by atoms with E-state index >= 15 is 0 Å². The molecule has 1 aromatic rings. The quantitative estimate of drug-likeness (QED) is 0.842. The van der Waals surface area contributed by atoms with E-state index in [-0.39, 0.29) is 17.4 Å². The minimum absolute atomic E-state index is 0.0514. The van der Waals surface area contributed by atoms with Crippen molar-refractivity contribution in [3.05, 3.63) is 35.9 Å². The second-order valence-electron chi connectivity index (χ2n) is 6.21. The lowest BCUT2D eigenvalue weighted by Gasteiger charge is -2.43. The molecule has 0 aromatic heterocycles. The van der Waals surface area contributed by atoms with Crippen molar-refractivity contribution in [3.8, 4) is 6.07 Å². The average Bonchev–Trinajstić information content (AvgIpc) is 2.50. The largest absolute Gasteiger partial charge is 0.345 e. The Morgan fingerprint density at radius 3 is 2.59 bits per heavy atom. The summed E-state index contributed by atoms with van der Waals surface area (Å²) in [6.45, 7) is 5.68. The van der Waals surface area contributed by atoms with E-state index in [0.717, 1.165) is 25.8 Å². The number of likely N-dealkylation sites (N-methyl/N-ethyl adjacent to an activating group) is 1. The molecule has 1 saturated carbocycles. The van der Waals surface area contributed by atoms with Crippen molar-refractivity contribution in [2.24, 2.45) is 5.92 Å². The van der Waals surface area contributed by atoms with Crippen molar-refractivity contribution in [2.45, 2.75) is 38.6 Å². The highest BCUT2D eigenvalue weighted by molar-refractivity contribution is 5.79. The molecule has 0 spiro atoms. The lowest BCUT2D eigenvalue weighted by molar-refractivity contribution is -0.125. The van der Waals surface area contributed by atoms with Gasteiger partial charge in [0.25, 0.3) is 0 Å². The van der Waals surface area contributed by atoms with E-state index < -0.39 is 0 Å². The monoisotopic (exact) mass is 299 g/mol. The van der Waals surface area contributed by atoms with E-state index in [4.69, 9.17) is 5.26 Å². The van der Waals surface area contributed by atoms with E-state index in [1.54, 1.807) is 0 Å².